The van der Waals surface area contributed by atoms with Crippen molar-refractivity contribution in [2.75, 3.05) is 6.54 Å². The second-order valence-corrected chi connectivity index (χ2v) is 3.00. The molecule has 0 aliphatic heterocycles. The lowest BCUT2D eigenvalue weighted by Crippen LogP contribution is -2.28. The molecule has 1 aromatic carbocycles. The van der Waals surface area contributed by atoms with Crippen LogP contribution in [-0.2, 0) is 0 Å². The van der Waals surface area contributed by atoms with Gasteiger partial charge in [-0.15, -0.1) is 0 Å². The minimum atomic E-state index is 0.331. The maximum atomic E-state index is 5.26. The van der Waals surface area contributed by atoms with Crippen LogP contribution >= 0.6 is 12.2 Å². The molecule has 0 unspecified atom stereocenters. The minimum absolute atomic E-state index is 0.331. The Kier molecular flexibility index (Phi) is 3.99. The maximum absolute atomic E-state index is 5.26. The van der Waals surface area contributed by atoms with E-state index in [1.165, 1.54) is 5.56 Å². The van der Waals surface area contributed by atoms with Gasteiger partial charge in [0, 0.05) is 6.54 Å². The van der Waals surface area contributed by atoms with Gasteiger partial charge in [-0.3, -0.25) is 0 Å². The first-order valence-corrected chi connectivity index (χ1v) is 4.45. The summed E-state index contributed by atoms with van der Waals surface area (Å²) in [6.07, 6.45) is 4.00. The SMILES string of the molecule is NC(=S)NCC=Cc1ccccc1. The van der Waals surface area contributed by atoms with Crippen LogP contribution in [0.3, 0.4) is 0 Å². The number of rotatable bonds is 3. The Morgan fingerprint density at radius 3 is 2.69 bits per heavy atom. The first-order chi connectivity index (χ1) is 6.29. The molecule has 0 amide bonds. The quantitative estimate of drug-likeness (QED) is 0.713. The number of nitrogens with two attached hydrogens (primary N) is 1. The van der Waals surface area contributed by atoms with Crippen molar-refractivity contribution in [1.82, 2.24) is 5.32 Å². The molecular weight excluding hydrogens is 180 g/mol. The summed E-state index contributed by atoms with van der Waals surface area (Å²) in [5, 5.41) is 3.17. The summed E-state index contributed by atoms with van der Waals surface area (Å²) in [4.78, 5) is 0. The zero-order valence-electron chi connectivity index (χ0n) is 7.23. The fourth-order valence-corrected chi connectivity index (χ4v) is 1.00. The van der Waals surface area contributed by atoms with Crippen molar-refractivity contribution in [2.24, 2.45) is 5.73 Å². The second kappa shape index (κ2) is 5.32. The highest BCUT2D eigenvalue weighted by Crippen LogP contribution is 1.99. The molecule has 0 spiro atoms. The van der Waals surface area contributed by atoms with Gasteiger partial charge in [0.25, 0.3) is 0 Å². The summed E-state index contributed by atoms with van der Waals surface area (Å²) in [6, 6.07) is 10.1. The minimum Gasteiger partial charge on any atom is -0.376 e. The molecule has 0 bridgehead atoms. The molecular formula is C10H12N2S. The molecule has 1 aromatic rings. The van der Waals surface area contributed by atoms with E-state index in [0.717, 1.165) is 0 Å². The van der Waals surface area contributed by atoms with E-state index in [-0.39, 0.29) is 0 Å². The van der Waals surface area contributed by atoms with Gasteiger partial charge < -0.3 is 11.1 Å². The van der Waals surface area contributed by atoms with Crippen LogP contribution in [0.15, 0.2) is 36.4 Å². The summed E-state index contributed by atoms with van der Waals surface area (Å²) in [5.74, 6) is 0. The van der Waals surface area contributed by atoms with Crippen molar-refractivity contribution in [3.05, 3.63) is 42.0 Å². The molecule has 13 heavy (non-hydrogen) atoms. The summed E-state index contributed by atoms with van der Waals surface area (Å²) in [6.45, 7) is 0.671. The van der Waals surface area contributed by atoms with E-state index in [1.54, 1.807) is 0 Å². The number of benzene rings is 1. The smallest absolute Gasteiger partial charge is 0.163 e. The van der Waals surface area contributed by atoms with Crippen molar-refractivity contribution in [3.8, 4) is 0 Å². The molecule has 3 heteroatoms. The van der Waals surface area contributed by atoms with Gasteiger partial charge in [0.1, 0.15) is 0 Å². The Bertz CT molecular complexity index is 293. The van der Waals surface area contributed by atoms with Gasteiger partial charge in [-0.1, -0.05) is 42.5 Å². The van der Waals surface area contributed by atoms with E-state index < -0.39 is 0 Å². The van der Waals surface area contributed by atoms with E-state index in [1.807, 2.05) is 42.5 Å². The van der Waals surface area contributed by atoms with Crippen LogP contribution in [0, 0.1) is 0 Å². The van der Waals surface area contributed by atoms with Gasteiger partial charge in [-0.2, -0.15) is 0 Å². The average Bonchev–Trinajstić information content (AvgIpc) is 2.14. The fraction of sp³-hybridized carbons (Fsp3) is 0.100. The lowest BCUT2D eigenvalue weighted by molar-refractivity contribution is 1.05. The van der Waals surface area contributed by atoms with Crippen LogP contribution in [0.25, 0.3) is 6.08 Å². The highest BCUT2D eigenvalue weighted by molar-refractivity contribution is 7.80. The van der Waals surface area contributed by atoms with Crippen LogP contribution < -0.4 is 11.1 Å². The maximum Gasteiger partial charge on any atom is 0.163 e. The van der Waals surface area contributed by atoms with Crippen LogP contribution in [0.1, 0.15) is 5.56 Å². The summed E-state index contributed by atoms with van der Waals surface area (Å²) in [7, 11) is 0. The molecule has 1 rings (SSSR count). The van der Waals surface area contributed by atoms with Crippen LogP contribution in [-0.4, -0.2) is 11.7 Å². The van der Waals surface area contributed by atoms with Gasteiger partial charge in [0.05, 0.1) is 0 Å². The van der Waals surface area contributed by atoms with Gasteiger partial charge >= 0.3 is 0 Å². The largest absolute Gasteiger partial charge is 0.376 e. The number of nitrogens with one attached hydrogen (secondary N) is 1. The molecule has 0 saturated heterocycles. The number of thiocarbonyl (C=S) groups is 1. The third-order valence-electron chi connectivity index (χ3n) is 1.50. The number of hydrogen-bond acceptors (Lipinski definition) is 1. The predicted octanol–water partition coefficient (Wildman–Crippen LogP) is 1.53. The lowest BCUT2D eigenvalue weighted by Gasteiger charge is -1.97. The predicted molar refractivity (Wildman–Crippen MR) is 60.3 cm³/mol. The van der Waals surface area contributed by atoms with E-state index in [9.17, 15) is 0 Å². The zero-order chi connectivity index (χ0) is 9.52. The molecule has 0 fully saturated rings. The Balaban J connectivity index is 2.37. The molecule has 0 aliphatic carbocycles. The Labute approximate surface area is 83.5 Å². The standard InChI is InChI=1S/C10H12N2S/c11-10(13)12-8-4-7-9-5-2-1-3-6-9/h1-7H,8H2,(H3,11,12,13). The highest BCUT2D eigenvalue weighted by atomic mass is 32.1. The molecule has 0 radical (unpaired) electrons. The van der Waals surface area contributed by atoms with Crippen molar-refractivity contribution in [2.45, 2.75) is 0 Å². The van der Waals surface area contributed by atoms with E-state index in [2.05, 4.69) is 17.5 Å². The van der Waals surface area contributed by atoms with E-state index >= 15 is 0 Å². The topological polar surface area (TPSA) is 38.0 Å². The Morgan fingerprint density at radius 1 is 1.38 bits per heavy atom. The molecule has 3 N–H and O–H groups in total. The van der Waals surface area contributed by atoms with Crippen LogP contribution in [0.4, 0.5) is 0 Å². The lowest BCUT2D eigenvalue weighted by atomic mass is 10.2. The summed E-state index contributed by atoms with van der Waals surface area (Å²) >= 11 is 4.66. The number of hydrogen-bond donors (Lipinski definition) is 2. The molecule has 0 aliphatic rings. The normalized spacial score (nSPS) is 10.2. The molecule has 0 saturated carbocycles. The highest BCUT2D eigenvalue weighted by Gasteiger charge is 1.83. The molecule has 0 atom stereocenters. The van der Waals surface area contributed by atoms with Gasteiger partial charge in [0.15, 0.2) is 5.11 Å². The first kappa shape index (κ1) is 9.74. The zero-order valence-corrected chi connectivity index (χ0v) is 8.05. The third-order valence-corrected chi connectivity index (χ3v) is 1.65. The summed E-state index contributed by atoms with van der Waals surface area (Å²) < 4.78 is 0. The van der Waals surface area contributed by atoms with Crippen molar-refractivity contribution in [3.63, 3.8) is 0 Å². The van der Waals surface area contributed by atoms with E-state index in [4.69, 9.17) is 5.73 Å². The average molecular weight is 192 g/mol. The molecule has 2 nitrogen and oxygen atoms in total. The van der Waals surface area contributed by atoms with E-state index in [0.29, 0.717) is 11.7 Å². The molecule has 68 valence electrons. The second-order valence-electron chi connectivity index (χ2n) is 2.56. The van der Waals surface area contributed by atoms with Crippen molar-refractivity contribution < 1.29 is 0 Å². The van der Waals surface area contributed by atoms with Crippen LogP contribution in [0.2, 0.25) is 0 Å². The summed E-state index contributed by atoms with van der Waals surface area (Å²) in [5.41, 5.74) is 6.43. The van der Waals surface area contributed by atoms with Gasteiger partial charge in [0.2, 0.25) is 0 Å². The molecule has 0 heterocycles. The van der Waals surface area contributed by atoms with Crippen molar-refractivity contribution >= 4 is 23.4 Å². The monoisotopic (exact) mass is 192 g/mol. The van der Waals surface area contributed by atoms with Gasteiger partial charge in [-0.05, 0) is 17.8 Å². The first-order valence-electron chi connectivity index (χ1n) is 4.04. The Morgan fingerprint density at radius 2 is 2.08 bits per heavy atom. The van der Waals surface area contributed by atoms with Crippen molar-refractivity contribution in [1.29, 1.82) is 0 Å². The third kappa shape index (κ3) is 4.28. The fourth-order valence-electron chi connectivity index (χ4n) is 0.919. The van der Waals surface area contributed by atoms with Gasteiger partial charge in [-0.25, -0.2) is 0 Å². The molecule has 0 aromatic heterocycles. The Hall–Kier alpha value is -1.35. The van der Waals surface area contributed by atoms with Crippen LogP contribution in [0.5, 0.6) is 0 Å².